The molecule has 0 aromatic heterocycles. The second-order valence-corrected chi connectivity index (χ2v) is 9.61. The van der Waals surface area contributed by atoms with Crippen molar-refractivity contribution in [3.8, 4) is 0 Å². The maximum atomic E-state index is 12.7. The fourth-order valence-electron chi connectivity index (χ4n) is 3.81. The maximum absolute atomic E-state index is 12.7. The summed E-state index contributed by atoms with van der Waals surface area (Å²) >= 11 is 1.83. The highest BCUT2D eigenvalue weighted by Gasteiger charge is 2.32. The van der Waals surface area contributed by atoms with Gasteiger partial charge >= 0.3 is 0 Å². The maximum Gasteiger partial charge on any atom is 0.255 e. The lowest BCUT2D eigenvalue weighted by molar-refractivity contribution is -0.121. The molecule has 0 aliphatic carbocycles. The molecular formula is C24H37N3O3S. The van der Waals surface area contributed by atoms with Crippen LogP contribution in [-0.4, -0.2) is 67.4 Å². The normalized spacial score (nSPS) is 14.1. The Balaban J connectivity index is 1.75. The van der Waals surface area contributed by atoms with Gasteiger partial charge in [-0.1, -0.05) is 25.7 Å². The first-order valence-corrected chi connectivity index (χ1v) is 12.3. The van der Waals surface area contributed by atoms with Gasteiger partial charge in [0, 0.05) is 30.5 Å². The number of rotatable bonds is 15. The summed E-state index contributed by atoms with van der Waals surface area (Å²) in [6.07, 6.45) is 9.03. The first-order chi connectivity index (χ1) is 15.0. The molecule has 2 amide bonds. The van der Waals surface area contributed by atoms with Gasteiger partial charge in [-0.05, 0) is 69.4 Å². The Labute approximate surface area is 191 Å². The Hall–Kier alpha value is -1.86. The molecule has 6 nitrogen and oxygen atoms in total. The number of fused-ring (bicyclic) bond motifs is 1. The van der Waals surface area contributed by atoms with Crippen molar-refractivity contribution in [2.75, 3.05) is 33.4 Å². The van der Waals surface area contributed by atoms with E-state index in [-0.39, 0.29) is 18.2 Å². The monoisotopic (exact) mass is 447 g/mol. The lowest BCUT2D eigenvalue weighted by Gasteiger charge is -2.22. The van der Waals surface area contributed by atoms with Gasteiger partial charge in [-0.25, -0.2) is 0 Å². The number of hydrogen-bond acceptors (Lipinski definition) is 5. The molecule has 0 radical (unpaired) electrons. The van der Waals surface area contributed by atoms with Crippen LogP contribution >= 0.6 is 11.8 Å². The van der Waals surface area contributed by atoms with Crippen molar-refractivity contribution in [2.45, 2.75) is 68.8 Å². The Morgan fingerprint density at radius 3 is 2.58 bits per heavy atom. The van der Waals surface area contributed by atoms with Crippen LogP contribution < -0.4 is 5.32 Å². The van der Waals surface area contributed by atoms with E-state index in [2.05, 4.69) is 30.4 Å². The third-order valence-corrected chi connectivity index (χ3v) is 6.76. The quantitative estimate of drug-likeness (QED) is 0.252. The first kappa shape index (κ1) is 25.4. The standard InChI is InChI=1S/C24H37N3O3S/c1-25-23(29)13-10-20(18-28)27-17-19-16-21(11-12-22(19)24(27)30)31-15-9-7-5-4-6-8-14-26(2)3/h11-12,16,18,20H,4-10,13-15,17H2,1-3H3,(H,25,29). The second kappa shape index (κ2) is 13.5. The average molecular weight is 448 g/mol. The number of thioether (sulfide) groups is 1. The lowest BCUT2D eigenvalue weighted by Crippen LogP contribution is -2.37. The molecule has 0 bridgehead atoms. The van der Waals surface area contributed by atoms with E-state index in [1.807, 2.05) is 23.9 Å². The molecule has 1 aromatic carbocycles. The van der Waals surface area contributed by atoms with E-state index in [4.69, 9.17) is 0 Å². The molecule has 1 atom stereocenters. The van der Waals surface area contributed by atoms with Crippen LogP contribution in [0.4, 0.5) is 0 Å². The van der Waals surface area contributed by atoms with Crippen LogP contribution in [0.1, 0.15) is 67.3 Å². The fourth-order valence-corrected chi connectivity index (χ4v) is 4.78. The third-order valence-electron chi connectivity index (χ3n) is 5.68. The summed E-state index contributed by atoms with van der Waals surface area (Å²) < 4.78 is 0. The van der Waals surface area contributed by atoms with Crippen molar-refractivity contribution in [2.24, 2.45) is 0 Å². The van der Waals surface area contributed by atoms with E-state index in [9.17, 15) is 14.4 Å². The summed E-state index contributed by atoms with van der Waals surface area (Å²) in [5, 5.41) is 2.55. The van der Waals surface area contributed by atoms with Gasteiger partial charge < -0.3 is 19.9 Å². The molecule has 1 N–H and O–H groups in total. The van der Waals surface area contributed by atoms with Crippen molar-refractivity contribution in [3.05, 3.63) is 29.3 Å². The number of carbonyl (C=O) groups excluding carboxylic acids is 3. The van der Waals surface area contributed by atoms with Crippen LogP contribution in [0.15, 0.2) is 23.1 Å². The van der Waals surface area contributed by atoms with Crippen molar-refractivity contribution in [1.82, 2.24) is 15.1 Å². The number of amides is 2. The molecule has 0 spiro atoms. The van der Waals surface area contributed by atoms with Crippen molar-refractivity contribution < 1.29 is 14.4 Å². The zero-order valence-electron chi connectivity index (χ0n) is 19.2. The summed E-state index contributed by atoms with van der Waals surface area (Å²) in [7, 11) is 5.82. The highest BCUT2D eigenvalue weighted by molar-refractivity contribution is 7.99. The minimum Gasteiger partial charge on any atom is -0.359 e. The van der Waals surface area contributed by atoms with E-state index in [1.54, 1.807) is 11.9 Å². The molecule has 1 aromatic rings. The van der Waals surface area contributed by atoms with Gasteiger partial charge in [-0.3, -0.25) is 9.59 Å². The average Bonchev–Trinajstić information content (AvgIpc) is 3.08. The number of hydrogen-bond donors (Lipinski definition) is 1. The minimum absolute atomic E-state index is 0.116. The summed E-state index contributed by atoms with van der Waals surface area (Å²) in [4.78, 5) is 40.8. The Morgan fingerprint density at radius 2 is 1.90 bits per heavy atom. The van der Waals surface area contributed by atoms with E-state index < -0.39 is 6.04 Å². The van der Waals surface area contributed by atoms with E-state index in [0.29, 0.717) is 18.5 Å². The van der Waals surface area contributed by atoms with E-state index >= 15 is 0 Å². The number of benzene rings is 1. The fraction of sp³-hybridized carbons (Fsp3) is 0.625. The van der Waals surface area contributed by atoms with Gasteiger partial charge in [0.1, 0.15) is 6.29 Å². The minimum atomic E-state index is -0.564. The van der Waals surface area contributed by atoms with Crippen LogP contribution in [0, 0.1) is 0 Å². The molecule has 1 heterocycles. The molecule has 1 aliphatic rings. The van der Waals surface area contributed by atoms with Crippen LogP contribution in [0.3, 0.4) is 0 Å². The summed E-state index contributed by atoms with van der Waals surface area (Å²) in [5.74, 6) is 0.843. The molecule has 1 aliphatic heterocycles. The topological polar surface area (TPSA) is 69.7 Å². The zero-order valence-corrected chi connectivity index (χ0v) is 20.0. The van der Waals surface area contributed by atoms with Crippen LogP contribution in [-0.2, 0) is 16.1 Å². The molecule has 0 saturated carbocycles. The molecule has 0 saturated heterocycles. The molecular weight excluding hydrogens is 410 g/mol. The van der Waals surface area contributed by atoms with Gasteiger partial charge in [0.15, 0.2) is 0 Å². The predicted octanol–water partition coefficient (Wildman–Crippen LogP) is 3.73. The Bertz CT molecular complexity index is 739. The molecule has 1 unspecified atom stereocenters. The highest BCUT2D eigenvalue weighted by Crippen LogP contribution is 2.30. The summed E-state index contributed by atoms with van der Waals surface area (Å²) in [5.41, 5.74) is 1.65. The zero-order chi connectivity index (χ0) is 22.6. The van der Waals surface area contributed by atoms with Crippen molar-refractivity contribution >= 4 is 29.9 Å². The summed E-state index contributed by atoms with van der Waals surface area (Å²) in [6.45, 7) is 1.61. The second-order valence-electron chi connectivity index (χ2n) is 8.44. The lowest BCUT2D eigenvalue weighted by atomic mass is 10.1. The number of carbonyl (C=O) groups is 3. The van der Waals surface area contributed by atoms with Gasteiger partial charge in [0.05, 0.1) is 6.04 Å². The Morgan fingerprint density at radius 1 is 1.19 bits per heavy atom. The highest BCUT2D eigenvalue weighted by atomic mass is 32.2. The molecule has 172 valence electrons. The van der Waals surface area contributed by atoms with Crippen molar-refractivity contribution in [1.29, 1.82) is 0 Å². The van der Waals surface area contributed by atoms with E-state index in [0.717, 1.165) is 17.6 Å². The van der Waals surface area contributed by atoms with Crippen LogP contribution in [0.25, 0.3) is 0 Å². The third kappa shape index (κ3) is 8.30. The SMILES string of the molecule is CNC(=O)CCC(C=O)N1Cc2cc(SCCCCCCCCN(C)C)ccc2C1=O. The molecule has 7 heteroatoms. The van der Waals surface area contributed by atoms with Gasteiger partial charge in [-0.15, -0.1) is 11.8 Å². The van der Waals surface area contributed by atoms with Crippen LogP contribution in [0.2, 0.25) is 0 Å². The van der Waals surface area contributed by atoms with Crippen molar-refractivity contribution in [3.63, 3.8) is 0 Å². The Kier molecular flexibility index (Phi) is 11.1. The van der Waals surface area contributed by atoms with E-state index in [1.165, 1.54) is 50.0 Å². The number of unbranched alkanes of at least 4 members (excludes halogenated alkanes) is 5. The van der Waals surface area contributed by atoms with Crippen LogP contribution in [0.5, 0.6) is 0 Å². The van der Waals surface area contributed by atoms with Gasteiger partial charge in [0.2, 0.25) is 5.91 Å². The molecule has 2 rings (SSSR count). The predicted molar refractivity (Wildman–Crippen MR) is 126 cm³/mol. The largest absolute Gasteiger partial charge is 0.359 e. The summed E-state index contributed by atoms with van der Waals surface area (Å²) in [6, 6.07) is 5.41. The number of aldehydes is 1. The van der Waals surface area contributed by atoms with Gasteiger partial charge in [0.25, 0.3) is 5.91 Å². The molecule has 31 heavy (non-hydrogen) atoms. The first-order valence-electron chi connectivity index (χ1n) is 11.3. The number of nitrogens with zero attached hydrogens (tertiary/aromatic N) is 2. The smallest absolute Gasteiger partial charge is 0.255 e. The number of nitrogens with one attached hydrogen (secondary N) is 1. The molecule has 0 fully saturated rings. The van der Waals surface area contributed by atoms with Gasteiger partial charge in [-0.2, -0.15) is 0 Å².